The molecule has 2 aromatic rings. The van der Waals surface area contributed by atoms with E-state index in [9.17, 15) is 9.59 Å². The van der Waals surface area contributed by atoms with Gasteiger partial charge in [0.05, 0.1) is 13.0 Å². The first kappa shape index (κ1) is 17.5. The molecule has 142 valence electrons. The van der Waals surface area contributed by atoms with E-state index in [4.69, 9.17) is 9.47 Å². The lowest BCUT2D eigenvalue weighted by atomic mass is 9.95. The van der Waals surface area contributed by atoms with E-state index < -0.39 is 0 Å². The van der Waals surface area contributed by atoms with E-state index in [2.05, 4.69) is 4.98 Å². The van der Waals surface area contributed by atoms with Crippen molar-refractivity contribution in [2.24, 2.45) is 5.92 Å². The van der Waals surface area contributed by atoms with E-state index in [1.165, 1.54) is 0 Å². The van der Waals surface area contributed by atoms with Crippen LogP contribution < -0.4 is 9.47 Å². The Morgan fingerprint density at radius 2 is 1.93 bits per heavy atom. The molecule has 4 rings (SSSR count). The van der Waals surface area contributed by atoms with Crippen molar-refractivity contribution in [2.75, 3.05) is 39.9 Å². The van der Waals surface area contributed by atoms with Crippen LogP contribution in [-0.2, 0) is 11.2 Å². The summed E-state index contributed by atoms with van der Waals surface area (Å²) >= 11 is 0. The van der Waals surface area contributed by atoms with Crippen molar-refractivity contribution in [1.29, 1.82) is 0 Å². The zero-order valence-electron chi connectivity index (χ0n) is 15.3. The molecule has 0 unspecified atom stereocenters. The molecule has 3 heterocycles. The van der Waals surface area contributed by atoms with Gasteiger partial charge in [-0.05, 0) is 30.2 Å². The first-order valence-electron chi connectivity index (χ1n) is 9.17. The third kappa shape index (κ3) is 3.49. The van der Waals surface area contributed by atoms with Crippen LogP contribution in [0.2, 0.25) is 0 Å². The van der Waals surface area contributed by atoms with Crippen LogP contribution in [0.15, 0.2) is 36.5 Å². The van der Waals surface area contributed by atoms with Crippen molar-refractivity contribution in [2.45, 2.75) is 6.42 Å². The molecule has 0 aliphatic carbocycles. The molecule has 0 spiro atoms. The maximum Gasteiger partial charge on any atom is 0.270 e. The van der Waals surface area contributed by atoms with Gasteiger partial charge in [-0.25, -0.2) is 0 Å². The number of nitrogens with zero attached hydrogens (tertiary/aromatic N) is 2. The molecule has 2 aliphatic rings. The van der Waals surface area contributed by atoms with Crippen molar-refractivity contribution in [3.63, 3.8) is 0 Å². The van der Waals surface area contributed by atoms with Gasteiger partial charge in [0.1, 0.15) is 23.8 Å². The maximum absolute atomic E-state index is 12.9. The van der Waals surface area contributed by atoms with Crippen molar-refractivity contribution in [1.82, 2.24) is 14.8 Å². The molecule has 7 heteroatoms. The molecule has 1 saturated heterocycles. The second kappa shape index (κ2) is 7.34. The fourth-order valence-electron chi connectivity index (χ4n) is 3.66. The van der Waals surface area contributed by atoms with Gasteiger partial charge in [0, 0.05) is 38.4 Å². The average Bonchev–Trinajstić information content (AvgIpc) is 3.27. The summed E-state index contributed by atoms with van der Waals surface area (Å²) in [4.78, 5) is 31.9. The van der Waals surface area contributed by atoms with E-state index in [0.29, 0.717) is 44.9 Å². The van der Waals surface area contributed by atoms with Gasteiger partial charge in [0.2, 0.25) is 5.91 Å². The van der Waals surface area contributed by atoms with Gasteiger partial charge in [0.15, 0.2) is 0 Å². The largest absolute Gasteiger partial charge is 0.497 e. The SMILES string of the molecule is COc1ccc2c(c1)OC[C@H](C(=O)N1CCN(C(=O)c3ccc[nH]3)CC1)C2. The number of rotatable bonds is 3. The summed E-state index contributed by atoms with van der Waals surface area (Å²) in [5, 5.41) is 0. The van der Waals surface area contributed by atoms with Gasteiger partial charge in [-0.15, -0.1) is 0 Å². The summed E-state index contributed by atoms with van der Waals surface area (Å²) < 4.78 is 11.0. The summed E-state index contributed by atoms with van der Waals surface area (Å²) in [5.41, 5.74) is 1.61. The molecule has 0 bridgehead atoms. The smallest absolute Gasteiger partial charge is 0.270 e. The van der Waals surface area contributed by atoms with Gasteiger partial charge in [0.25, 0.3) is 5.91 Å². The predicted octanol–water partition coefficient (Wildman–Crippen LogP) is 1.56. The summed E-state index contributed by atoms with van der Waals surface area (Å²) in [7, 11) is 1.62. The lowest BCUT2D eigenvalue weighted by Crippen LogP contribution is -2.53. The molecule has 2 amide bonds. The van der Waals surface area contributed by atoms with Crippen LogP contribution in [0, 0.1) is 5.92 Å². The van der Waals surface area contributed by atoms with Crippen molar-refractivity contribution < 1.29 is 19.1 Å². The minimum Gasteiger partial charge on any atom is -0.497 e. The Hall–Kier alpha value is -2.96. The molecule has 0 radical (unpaired) electrons. The zero-order chi connectivity index (χ0) is 18.8. The molecule has 27 heavy (non-hydrogen) atoms. The third-order valence-corrected chi connectivity index (χ3v) is 5.24. The van der Waals surface area contributed by atoms with Crippen LogP contribution in [0.1, 0.15) is 16.1 Å². The normalized spacial score (nSPS) is 19.2. The number of hydrogen-bond donors (Lipinski definition) is 1. The Kier molecular flexibility index (Phi) is 4.75. The number of piperazine rings is 1. The monoisotopic (exact) mass is 369 g/mol. The molecule has 2 aliphatic heterocycles. The lowest BCUT2D eigenvalue weighted by molar-refractivity contribution is -0.138. The molecule has 0 saturated carbocycles. The molecule has 7 nitrogen and oxygen atoms in total. The Labute approximate surface area is 157 Å². The molecular formula is C20H23N3O4. The van der Waals surface area contributed by atoms with E-state index >= 15 is 0 Å². The third-order valence-electron chi connectivity index (χ3n) is 5.24. The highest BCUT2D eigenvalue weighted by Crippen LogP contribution is 2.31. The summed E-state index contributed by atoms with van der Waals surface area (Å²) in [6.07, 6.45) is 2.41. The van der Waals surface area contributed by atoms with E-state index in [0.717, 1.165) is 17.1 Å². The summed E-state index contributed by atoms with van der Waals surface area (Å²) in [6.45, 7) is 2.57. The highest BCUT2D eigenvalue weighted by Gasteiger charge is 2.32. The number of aromatic amines is 1. The molecule has 1 atom stereocenters. The number of nitrogens with one attached hydrogen (secondary N) is 1. The standard InChI is InChI=1S/C20H23N3O4/c1-26-16-5-4-14-11-15(13-27-18(14)12-16)19(24)22-7-9-23(10-8-22)20(25)17-3-2-6-21-17/h2-6,12,15,21H,7-11,13H2,1H3/t15-/m1/s1. The first-order valence-corrected chi connectivity index (χ1v) is 9.17. The molecule has 1 aromatic carbocycles. The number of amides is 2. The number of hydrogen-bond acceptors (Lipinski definition) is 4. The van der Waals surface area contributed by atoms with Crippen molar-refractivity contribution in [3.8, 4) is 11.5 Å². The number of aromatic nitrogens is 1. The maximum atomic E-state index is 12.9. The number of fused-ring (bicyclic) bond motifs is 1. The van der Waals surface area contributed by atoms with Crippen LogP contribution in [0.5, 0.6) is 11.5 Å². The number of H-pyrrole nitrogens is 1. The second-order valence-corrected chi connectivity index (χ2v) is 6.89. The van der Waals surface area contributed by atoms with E-state index in [1.54, 1.807) is 24.3 Å². The summed E-state index contributed by atoms with van der Waals surface area (Å²) in [5.74, 6) is 1.44. The van der Waals surface area contributed by atoms with Gasteiger partial charge < -0.3 is 24.3 Å². The second-order valence-electron chi connectivity index (χ2n) is 6.89. The van der Waals surface area contributed by atoms with Crippen LogP contribution in [0.25, 0.3) is 0 Å². The highest BCUT2D eigenvalue weighted by atomic mass is 16.5. The Balaban J connectivity index is 1.35. The molecule has 1 aromatic heterocycles. The fraction of sp³-hybridized carbons (Fsp3) is 0.400. The van der Waals surface area contributed by atoms with Crippen LogP contribution in [-0.4, -0.2) is 66.5 Å². The average molecular weight is 369 g/mol. The quantitative estimate of drug-likeness (QED) is 0.891. The van der Waals surface area contributed by atoms with Gasteiger partial charge >= 0.3 is 0 Å². The van der Waals surface area contributed by atoms with Crippen LogP contribution >= 0.6 is 0 Å². The Bertz CT molecular complexity index is 826. The molecular weight excluding hydrogens is 346 g/mol. The minimum atomic E-state index is -0.184. The number of benzene rings is 1. The number of carbonyl (C=O) groups excluding carboxylic acids is 2. The van der Waals surface area contributed by atoms with Crippen molar-refractivity contribution in [3.05, 3.63) is 47.8 Å². The fourth-order valence-corrected chi connectivity index (χ4v) is 3.66. The zero-order valence-corrected chi connectivity index (χ0v) is 15.3. The van der Waals surface area contributed by atoms with Crippen LogP contribution in [0.4, 0.5) is 0 Å². The van der Waals surface area contributed by atoms with Crippen molar-refractivity contribution >= 4 is 11.8 Å². The summed E-state index contributed by atoms with van der Waals surface area (Å²) in [6, 6.07) is 9.29. The van der Waals surface area contributed by atoms with E-state index in [-0.39, 0.29) is 17.7 Å². The van der Waals surface area contributed by atoms with Gasteiger partial charge in [-0.3, -0.25) is 9.59 Å². The molecule has 1 N–H and O–H groups in total. The Morgan fingerprint density at radius 1 is 1.15 bits per heavy atom. The predicted molar refractivity (Wildman–Crippen MR) is 99.0 cm³/mol. The highest BCUT2D eigenvalue weighted by molar-refractivity contribution is 5.92. The Morgan fingerprint density at radius 3 is 2.63 bits per heavy atom. The number of carbonyl (C=O) groups is 2. The number of ether oxygens (including phenoxy) is 2. The van der Waals surface area contributed by atoms with E-state index in [1.807, 2.05) is 29.2 Å². The lowest BCUT2D eigenvalue weighted by Gasteiger charge is -2.37. The van der Waals surface area contributed by atoms with Gasteiger partial charge in [-0.2, -0.15) is 0 Å². The number of methoxy groups -OCH3 is 1. The van der Waals surface area contributed by atoms with Crippen LogP contribution in [0.3, 0.4) is 0 Å². The molecule has 1 fully saturated rings. The van der Waals surface area contributed by atoms with Gasteiger partial charge in [-0.1, -0.05) is 6.07 Å². The first-order chi connectivity index (χ1) is 13.2. The minimum absolute atomic E-state index is 0.0176. The topological polar surface area (TPSA) is 74.9 Å².